The molecule has 3 unspecified atom stereocenters. The van der Waals surface area contributed by atoms with Crippen molar-refractivity contribution in [2.45, 2.75) is 150 Å². The molecule has 0 saturated carbocycles. The summed E-state index contributed by atoms with van der Waals surface area (Å²) >= 11 is 1.44. The molecule has 0 aliphatic heterocycles. The molecule has 3 atom stereocenters. The summed E-state index contributed by atoms with van der Waals surface area (Å²) < 4.78 is 0. The van der Waals surface area contributed by atoms with Crippen LogP contribution in [0, 0.1) is 50.2 Å². The summed E-state index contributed by atoms with van der Waals surface area (Å²) in [4.78, 5) is 11.7. The van der Waals surface area contributed by atoms with Gasteiger partial charge in [0.05, 0.1) is 0 Å². The van der Waals surface area contributed by atoms with Crippen molar-refractivity contribution in [1.82, 2.24) is 0 Å². The zero-order valence-corrected chi connectivity index (χ0v) is 33.4. The first-order chi connectivity index (χ1) is 20.2. The van der Waals surface area contributed by atoms with Crippen LogP contribution < -0.4 is 0 Å². The molecule has 0 saturated heterocycles. The highest BCUT2D eigenvalue weighted by Gasteiger charge is 2.50. The Kier molecular flexibility index (Phi) is 12.7. The molecule has 1 nitrogen and oxygen atoms in total. The van der Waals surface area contributed by atoms with Crippen LogP contribution in [0.2, 0.25) is 0 Å². The Bertz CT molecular complexity index is 1260. The Hall–Kier alpha value is -1.46. The van der Waals surface area contributed by atoms with E-state index in [1.54, 1.807) is 12.5 Å². The summed E-state index contributed by atoms with van der Waals surface area (Å²) in [6.45, 7) is 40.8. The van der Waals surface area contributed by atoms with Crippen molar-refractivity contribution >= 4 is 16.9 Å². The topological polar surface area (TPSA) is 17.1 Å². The molecule has 2 aliphatic rings. The van der Waals surface area contributed by atoms with Gasteiger partial charge in [0.2, 0.25) is 0 Å². The molecule has 0 aromatic heterocycles. The van der Waals surface area contributed by atoms with E-state index >= 15 is 0 Å². The Morgan fingerprint density at radius 1 is 0.822 bits per heavy atom. The van der Waals surface area contributed by atoms with Crippen molar-refractivity contribution in [1.29, 1.82) is 0 Å². The Morgan fingerprint density at radius 2 is 1.42 bits per heavy atom. The number of carbonyl (C=O) groups is 1. The van der Waals surface area contributed by atoms with Crippen LogP contribution in [0.25, 0.3) is 0 Å². The van der Waals surface area contributed by atoms with E-state index in [-0.39, 0.29) is 37.6 Å². The van der Waals surface area contributed by atoms with Crippen LogP contribution >= 0.6 is 11.8 Å². The summed E-state index contributed by atoms with van der Waals surface area (Å²) in [6, 6.07) is 0. The van der Waals surface area contributed by atoms with Crippen molar-refractivity contribution in [3.05, 3.63) is 58.1 Å². The van der Waals surface area contributed by atoms with Crippen LogP contribution in [0.15, 0.2) is 58.1 Å². The molecule has 2 aliphatic carbocycles. The Labute approximate surface area is 284 Å². The fourth-order valence-corrected chi connectivity index (χ4v) is 8.50. The molecule has 2 rings (SSSR count). The maximum Gasteiger partial charge on any atom is 0.186 e. The average Bonchev–Trinajstić information content (AvgIpc) is 2.88. The van der Waals surface area contributed by atoms with Gasteiger partial charge in [0.25, 0.3) is 0 Å². The van der Waals surface area contributed by atoms with Gasteiger partial charge in [-0.15, -0.1) is 0 Å². The first-order valence-corrected chi connectivity index (χ1v) is 18.6. The lowest BCUT2D eigenvalue weighted by Gasteiger charge is -2.55. The third-order valence-corrected chi connectivity index (χ3v) is 13.2. The van der Waals surface area contributed by atoms with E-state index in [0.29, 0.717) is 17.8 Å². The van der Waals surface area contributed by atoms with E-state index in [9.17, 15) is 4.79 Å². The largest absolute Gasteiger partial charge is 0.288 e. The summed E-state index contributed by atoms with van der Waals surface area (Å²) in [6.07, 6.45) is 14.9. The predicted molar refractivity (Wildman–Crippen MR) is 201 cm³/mol. The average molecular weight is 635 g/mol. The van der Waals surface area contributed by atoms with E-state index in [1.807, 2.05) is 0 Å². The zero-order chi connectivity index (χ0) is 34.8. The molecule has 254 valence electrons. The number of hydrogen-bond donors (Lipinski definition) is 0. The van der Waals surface area contributed by atoms with E-state index in [2.05, 4.69) is 147 Å². The Morgan fingerprint density at radius 3 is 1.87 bits per heavy atom. The number of hydrogen-bond acceptors (Lipinski definition) is 2. The van der Waals surface area contributed by atoms with Crippen molar-refractivity contribution in [3.63, 3.8) is 0 Å². The molecule has 0 bridgehead atoms. The zero-order valence-electron chi connectivity index (χ0n) is 32.6. The van der Waals surface area contributed by atoms with Gasteiger partial charge in [-0.25, -0.2) is 0 Å². The van der Waals surface area contributed by atoms with Gasteiger partial charge in [-0.1, -0.05) is 150 Å². The lowest BCUT2D eigenvalue weighted by molar-refractivity contribution is -0.109. The summed E-state index contributed by atoms with van der Waals surface area (Å²) in [5, 5.41) is 0.206. The highest BCUT2D eigenvalue weighted by Crippen LogP contribution is 2.59. The van der Waals surface area contributed by atoms with Crippen LogP contribution in [0.4, 0.5) is 0 Å². The minimum atomic E-state index is 0.107. The van der Waals surface area contributed by atoms with Gasteiger partial charge in [-0.2, -0.15) is 0 Å². The van der Waals surface area contributed by atoms with Gasteiger partial charge >= 0.3 is 0 Å². The third-order valence-electron chi connectivity index (χ3n) is 12.3. The van der Waals surface area contributed by atoms with Crippen LogP contribution in [-0.2, 0) is 4.79 Å². The molecule has 45 heavy (non-hydrogen) atoms. The highest BCUT2D eigenvalue weighted by molar-refractivity contribution is 8.13. The van der Waals surface area contributed by atoms with Gasteiger partial charge in [0, 0.05) is 18.2 Å². The van der Waals surface area contributed by atoms with Crippen LogP contribution in [0.1, 0.15) is 150 Å². The van der Waals surface area contributed by atoms with Crippen LogP contribution in [0.3, 0.4) is 0 Å². The number of allylic oxidation sites excluding steroid dienone is 7. The quantitative estimate of drug-likeness (QED) is 0.188. The second-order valence-corrected chi connectivity index (χ2v) is 20.6. The molecule has 2 heteroatoms. The first-order valence-electron chi connectivity index (χ1n) is 17.6. The Balaban J connectivity index is 2.60. The van der Waals surface area contributed by atoms with Crippen molar-refractivity contribution < 1.29 is 4.79 Å². The lowest BCUT2D eigenvalue weighted by atomic mass is 9.50. The SMILES string of the molecule is CC(=O)SCC1=CC=C(C(CC(C)(C)C(C)C(CC(C)(C)C)C2=C=C=C(C)C=C2)C(C)(C)CC(C)(C)C(C)(C)C(C)(C)C)CC1. The second-order valence-electron chi connectivity index (χ2n) is 19.4. The molecule has 0 radical (unpaired) electrons. The molecule has 0 aromatic rings. The molecule has 0 amide bonds. The molecular weight excluding hydrogens is 565 g/mol. The predicted octanol–water partition coefficient (Wildman–Crippen LogP) is 13.3. The summed E-state index contributed by atoms with van der Waals surface area (Å²) in [5.74, 6) is 2.18. The molecule has 0 N–H and O–H groups in total. The minimum absolute atomic E-state index is 0.107. The molecule has 0 fully saturated rings. The maximum absolute atomic E-state index is 11.7. The van der Waals surface area contributed by atoms with Gasteiger partial charge < -0.3 is 0 Å². The summed E-state index contributed by atoms with van der Waals surface area (Å²) in [5.41, 5.74) is 13.4. The van der Waals surface area contributed by atoms with Crippen molar-refractivity contribution in [3.8, 4) is 0 Å². The number of rotatable bonds is 13. The van der Waals surface area contributed by atoms with Gasteiger partial charge in [0.15, 0.2) is 5.12 Å². The maximum atomic E-state index is 11.7. The lowest BCUT2D eigenvalue weighted by Crippen LogP contribution is -2.47. The van der Waals surface area contributed by atoms with Crippen LogP contribution in [-0.4, -0.2) is 10.9 Å². The van der Waals surface area contributed by atoms with Gasteiger partial charge in [0.1, 0.15) is 0 Å². The fraction of sp³-hybridized carbons (Fsp3) is 0.744. The minimum Gasteiger partial charge on any atom is -0.288 e. The standard InChI is InChI=1S/C43H70OS/c1-30-18-22-34(23-19-30)36(26-38(4,5)6)31(2)40(10,11)27-37(35-24-20-33(21-25-35)28-45-32(3)44)41(12,13)29-42(14,15)43(16,17)39(7,8)9/h18,20,22,24,31,36-37H,21,25-29H2,1-17H3. The summed E-state index contributed by atoms with van der Waals surface area (Å²) in [7, 11) is 0. The second kappa shape index (κ2) is 14.3. The van der Waals surface area contributed by atoms with E-state index in [1.165, 1.54) is 29.3 Å². The number of carbonyl (C=O) groups excluding carboxylic acids is 1. The van der Waals surface area contributed by atoms with E-state index in [0.717, 1.165) is 37.0 Å². The molecule has 0 aromatic carbocycles. The molecule has 0 spiro atoms. The van der Waals surface area contributed by atoms with Gasteiger partial charge in [-0.3, -0.25) is 4.79 Å². The fourth-order valence-electron chi connectivity index (χ4n) is 7.87. The number of thioether (sulfide) groups is 1. The smallest absolute Gasteiger partial charge is 0.186 e. The van der Waals surface area contributed by atoms with Crippen LogP contribution in [0.5, 0.6) is 0 Å². The molecular formula is C43H70OS. The third kappa shape index (κ3) is 10.5. The van der Waals surface area contributed by atoms with Crippen molar-refractivity contribution in [2.75, 3.05) is 5.75 Å². The molecule has 0 heterocycles. The normalized spacial score (nSPS) is 19.0. The monoisotopic (exact) mass is 635 g/mol. The van der Waals surface area contributed by atoms with E-state index < -0.39 is 0 Å². The highest BCUT2D eigenvalue weighted by atomic mass is 32.2. The van der Waals surface area contributed by atoms with Crippen molar-refractivity contribution in [2.24, 2.45) is 50.2 Å². The first kappa shape index (κ1) is 39.7. The van der Waals surface area contributed by atoms with Gasteiger partial charge in [-0.05, 0) is 107 Å². The van der Waals surface area contributed by atoms with E-state index in [4.69, 9.17) is 0 Å².